The Kier molecular flexibility index (Phi) is 5.09. The number of nitrogens with zero attached hydrogens (tertiary/aromatic N) is 3. The smallest absolute Gasteiger partial charge is 0.351 e. The summed E-state index contributed by atoms with van der Waals surface area (Å²) in [7, 11) is 0. The number of nitrogens with one attached hydrogen (secondary N) is 1. The first-order valence-electron chi connectivity index (χ1n) is 10.6. The van der Waals surface area contributed by atoms with Gasteiger partial charge in [-0.3, -0.25) is 19.6 Å². The van der Waals surface area contributed by atoms with E-state index in [4.69, 9.17) is 0 Å². The zero-order valence-electron chi connectivity index (χ0n) is 17.2. The molecule has 4 saturated carbocycles. The maximum absolute atomic E-state index is 13.1. The van der Waals surface area contributed by atoms with Crippen molar-refractivity contribution in [2.24, 2.45) is 23.2 Å². The molecule has 166 valence electrons. The van der Waals surface area contributed by atoms with Crippen LogP contribution in [0.4, 0.5) is 18.9 Å². The van der Waals surface area contributed by atoms with Gasteiger partial charge in [0.2, 0.25) is 11.6 Å². The summed E-state index contributed by atoms with van der Waals surface area (Å²) in [5.74, 6) is 1.69. The van der Waals surface area contributed by atoms with Crippen molar-refractivity contribution >= 4 is 11.6 Å². The van der Waals surface area contributed by atoms with Gasteiger partial charge in [-0.1, -0.05) is 6.92 Å². The second kappa shape index (κ2) is 7.23. The molecule has 1 heterocycles. The van der Waals surface area contributed by atoms with E-state index in [9.17, 15) is 28.1 Å². The SMILES string of the molecule is CCC(NC(=O)Cn1nc(C(F)(F)F)c([N+](=O)[O-])c1C)C12CC3CC(CC(C3)C1)C2. The molecule has 4 aliphatic rings. The van der Waals surface area contributed by atoms with Crippen LogP contribution in [0.3, 0.4) is 0 Å². The summed E-state index contributed by atoms with van der Waals surface area (Å²) < 4.78 is 40.2. The fraction of sp³-hybridized carbons (Fsp3) is 0.800. The summed E-state index contributed by atoms with van der Waals surface area (Å²) in [6.45, 7) is 2.74. The Morgan fingerprint density at radius 2 is 1.80 bits per heavy atom. The van der Waals surface area contributed by atoms with Gasteiger partial charge in [-0.05, 0) is 75.0 Å². The van der Waals surface area contributed by atoms with Gasteiger partial charge in [0.15, 0.2) is 0 Å². The molecule has 1 atom stereocenters. The first-order chi connectivity index (χ1) is 14.0. The highest BCUT2D eigenvalue weighted by Gasteiger charge is 2.54. The van der Waals surface area contributed by atoms with Crippen LogP contribution in [0.5, 0.6) is 0 Å². The fourth-order valence-corrected chi connectivity index (χ4v) is 6.77. The summed E-state index contributed by atoms with van der Waals surface area (Å²) in [6.07, 6.45) is 2.93. The molecule has 0 aliphatic heterocycles. The van der Waals surface area contributed by atoms with Crippen LogP contribution in [-0.2, 0) is 17.5 Å². The van der Waals surface area contributed by atoms with Gasteiger partial charge in [0.05, 0.1) is 4.92 Å². The lowest BCUT2D eigenvalue weighted by Crippen LogP contribution is -2.57. The lowest BCUT2D eigenvalue weighted by molar-refractivity contribution is -0.388. The molecular formula is C20H27F3N4O3. The second-order valence-corrected chi connectivity index (χ2v) is 9.50. The Labute approximate surface area is 172 Å². The largest absolute Gasteiger partial charge is 0.442 e. The number of carbonyl (C=O) groups excluding carboxylic acids is 1. The minimum Gasteiger partial charge on any atom is -0.351 e. The molecule has 0 aromatic carbocycles. The number of nitro groups is 1. The van der Waals surface area contributed by atoms with Gasteiger partial charge in [-0.15, -0.1) is 0 Å². The van der Waals surface area contributed by atoms with E-state index in [2.05, 4.69) is 10.4 Å². The average Bonchev–Trinajstić information content (AvgIpc) is 2.95. The predicted octanol–water partition coefficient (Wildman–Crippen LogP) is 4.23. The molecule has 1 unspecified atom stereocenters. The predicted molar refractivity (Wildman–Crippen MR) is 101 cm³/mol. The standard InChI is InChI=1S/C20H27F3N4O3/c1-3-15(19-7-12-4-13(8-19)6-14(5-12)9-19)24-16(28)10-26-11(2)17(27(29)30)18(25-26)20(21,22)23/h12-15H,3-10H2,1-2H3,(H,24,28). The summed E-state index contributed by atoms with van der Waals surface area (Å²) in [5, 5.41) is 17.5. The topological polar surface area (TPSA) is 90.1 Å². The Hall–Kier alpha value is -2.13. The van der Waals surface area contributed by atoms with Crippen molar-refractivity contribution in [3.63, 3.8) is 0 Å². The van der Waals surface area contributed by atoms with Crippen LogP contribution >= 0.6 is 0 Å². The monoisotopic (exact) mass is 428 g/mol. The van der Waals surface area contributed by atoms with Crippen molar-refractivity contribution < 1.29 is 22.9 Å². The Morgan fingerprint density at radius 1 is 1.27 bits per heavy atom. The second-order valence-electron chi connectivity index (χ2n) is 9.50. The van der Waals surface area contributed by atoms with Crippen LogP contribution < -0.4 is 5.32 Å². The molecule has 1 amide bonds. The molecule has 30 heavy (non-hydrogen) atoms. The maximum atomic E-state index is 13.1. The third kappa shape index (κ3) is 3.58. The summed E-state index contributed by atoms with van der Waals surface area (Å²) in [6, 6.07) is -0.0358. The van der Waals surface area contributed by atoms with Gasteiger partial charge in [0.1, 0.15) is 12.2 Å². The van der Waals surface area contributed by atoms with Crippen LogP contribution in [0, 0.1) is 40.2 Å². The van der Waals surface area contributed by atoms with Crippen LogP contribution in [0.25, 0.3) is 0 Å². The molecular weight excluding hydrogens is 401 g/mol. The number of halogens is 3. The van der Waals surface area contributed by atoms with Gasteiger partial charge in [0, 0.05) is 6.04 Å². The van der Waals surface area contributed by atoms with Crippen molar-refractivity contribution in [2.75, 3.05) is 0 Å². The first-order valence-corrected chi connectivity index (χ1v) is 10.6. The molecule has 4 bridgehead atoms. The molecule has 0 radical (unpaired) electrons. The first kappa shape index (κ1) is 21.1. The normalized spacial score (nSPS) is 31.0. The third-order valence-corrected chi connectivity index (χ3v) is 7.49. The van der Waals surface area contributed by atoms with Crippen molar-refractivity contribution in [3.05, 3.63) is 21.5 Å². The van der Waals surface area contributed by atoms with Gasteiger partial charge in [0.25, 0.3) is 0 Å². The number of aromatic nitrogens is 2. The maximum Gasteiger partial charge on any atom is 0.442 e. The summed E-state index contributed by atoms with van der Waals surface area (Å²) in [4.78, 5) is 22.8. The van der Waals surface area contributed by atoms with E-state index in [1.165, 1.54) is 26.2 Å². The molecule has 5 rings (SSSR count). The fourth-order valence-electron chi connectivity index (χ4n) is 6.77. The molecule has 10 heteroatoms. The van der Waals surface area contributed by atoms with E-state index in [0.717, 1.165) is 30.4 Å². The zero-order valence-corrected chi connectivity index (χ0v) is 17.2. The Morgan fingerprint density at radius 3 is 2.20 bits per heavy atom. The molecule has 1 aromatic heterocycles. The number of hydrogen-bond acceptors (Lipinski definition) is 4. The van der Waals surface area contributed by atoms with Gasteiger partial charge < -0.3 is 5.32 Å². The van der Waals surface area contributed by atoms with E-state index >= 15 is 0 Å². The minimum absolute atomic E-state index is 0.0358. The van der Waals surface area contributed by atoms with Crippen LogP contribution in [-0.4, -0.2) is 26.7 Å². The molecule has 4 aliphatic carbocycles. The zero-order chi connectivity index (χ0) is 21.8. The number of amides is 1. The van der Waals surface area contributed by atoms with Gasteiger partial charge in [-0.25, -0.2) is 0 Å². The van der Waals surface area contributed by atoms with Gasteiger partial charge >= 0.3 is 11.9 Å². The molecule has 1 aromatic rings. The lowest BCUT2D eigenvalue weighted by Gasteiger charge is -2.59. The van der Waals surface area contributed by atoms with Crippen LogP contribution in [0.2, 0.25) is 0 Å². The van der Waals surface area contributed by atoms with E-state index in [1.54, 1.807) is 0 Å². The molecule has 1 N–H and O–H groups in total. The van der Waals surface area contributed by atoms with Crippen LogP contribution in [0.15, 0.2) is 0 Å². The number of carbonyl (C=O) groups is 1. The highest BCUT2D eigenvalue weighted by Crippen LogP contribution is 2.61. The molecule has 7 nitrogen and oxygen atoms in total. The lowest BCUT2D eigenvalue weighted by atomic mass is 9.47. The summed E-state index contributed by atoms with van der Waals surface area (Å²) in [5.41, 5.74) is -2.86. The van der Waals surface area contributed by atoms with E-state index in [-0.39, 0.29) is 17.2 Å². The molecule has 4 fully saturated rings. The number of alkyl halides is 3. The quantitative estimate of drug-likeness (QED) is 0.542. The van der Waals surface area contributed by atoms with Crippen LogP contribution in [0.1, 0.15) is 63.3 Å². The van der Waals surface area contributed by atoms with Crippen molar-refractivity contribution in [1.82, 2.24) is 15.1 Å². The van der Waals surface area contributed by atoms with Gasteiger partial charge in [-0.2, -0.15) is 18.3 Å². The molecule has 0 saturated heterocycles. The number of hydrogen-bond donors (Lipinski definition) is 1. The highest BCUT2D eigenvalue weighted by molar-refractivity contribution is 5.76. The number of rotatable bonds is 6. The van der Waals surface area contributed by atoms with Crippen molar-refractivity contribution in [1.29, 1.82) is 0 Å². The molecule has 0 spiro atoms. The van der Waals surface area contributed by atoms with E-state index in [0.29, 0.717) is 17.8 Å². The Balaban J connectivity index is 1.51. The Bertz CT molecular complexity index is 829. The van der Waals surface area contributed by atoms with E-state index in [1.807, 2.05) is 6.92 Å². The van der Waals surface area contributed by atoms with Crippen molar-refractivity contribution in [2.45, 2.75) is 77.6 Å². The summed E-state index contributed by atoms with van der Waals surface area (Å²) >= 11 is 0. The van der Waals surface area contributed by atoms with E-state index < -0.39 is 34.9 Å². The highest BCUT2D eigenvalue weighted by atomic mass is 19.4. The minimum atomic E-state index is -4.96. The third-order valence-electron chi connectivity index (χ3n) is 7.49. The van der Waals surface area contributed by atoms with Crippen molar-refractivity contribution in [3.8, 4) is 0 Å². The average molecular weight is 428 g/mol.